The van der Waals surface area contributed by atoms with Gasteiger partial charge in [-0.05, 0) is 47.9 Å². The number of hydrogen-bond donors (Lipinski definition) is 0. The normalized spacial score (nSPS) is 21.3. The first-order valence-corrected chi connectivity index (χ1v) is 11.7. The molecule has 168 valence electrons. The second-order valence-electron chi connectivity index (χ2n) is 8.89. The number of carbonyl (C=O) groups is 1. The topological polar surface area (TPSA) is 48.0 Å². The molecule has 1 aliphatic carbocycles. The highest BCUT2D eigenvalue weighted by molar-refractivity contribution is 5.79. The molecule has 0 spiro atoms. The Morgan fingerprint density at radius 1 is 0.969 bits per heavy atom. The maximum Gasteiger partial charge on any atom is 0.410 e. The fraction of sp³-hybridized carbons (Fsp3) is 0.444. The Balaban J connectivity index is 1.21. The molecule has 1 fully saturated rings. The van der Waals surface area contributed by atoms with Crippen molar-refractivity contribution in [3.63, 3.8) is 0 Å². The molecule has 0 N–H and O–H groups in total. The number of amides is 1. The highest BCUT2D eigenvalue weighted by Crippen LogP contribution is 2.45. The fourth-order valence-corrected chi connectivity index (χ4v) is 5.50. The number of ether oxygens (including phenoxy) is 3. The number of hydrogen-bond acceptors (Lipinski definition) is 4. The minimum absolute atomic E-state index is 0.101. The Hall–Kier alpha value is -2.63. The highest BCUT2D eigenvalue weighted by Gasteiger charge is 2.40. The van der Waals surface area contributed by atoms with Gasteiger partial charge in [-0.25, -0.2) is 4.79 Å². The zero-order valence-corrected chi connectivity index (χ0v) is 18.7. The van der Waals surface area contributed by atoms with Crippen LogP contribution in [0.15, 0.2) is 60.2 Å². The minimum atomic E-state index is -0.175. The summed E-state index contributed by atoms with van der Waals surface area (Å²) in [5.74, 6) is 0.101. The Morgan fingerprint density at radius 3 is 2.38 bits per heavy atom. The quantitative estimate of drug-likeness (QED) is 0.427. The number of fused-ring (bicyclic) bond motifs is 5. The fourth-order valence-electron chi connectivity index (χ4n) is 5.50. The van der Waals surface area contributed by atoms with E-state index in [-0.39, 0.29) is 24.1 Å². The first-order chi connectivity index (χ1) is 15.8. The molecule has 3 aliphatic rings. The van der Waals surface area contributed by atoms with Gasteiger partial charge in [-0.3, -0.25) is 4.90 Å². The smallest absolute Gasteiger partial charge is 0.410 e. The molecule has 0 aromatic heterocycles. The summed E-state index contributed by atoms with van der Waals surface area (Å²) in [6.45, 7) is 2.34. The molecule has 1 amide bonds. The number of benzene rings is 2. The van der Waals surface area contributed by atoms with E-state index >= 15 is 0 Å². The maximum atomic E-state index is 13.1. The van der Waals surface area contributed by atoms with E-state index in [0.29, 0.717) is 26.4 Å². The van der Waals surface area contributed by atoms with Crippen LogP contribution in [0.2, 0.25) is 0 Å². The van der Waals surface area contributed by atoms with Crippen molar-refractivity contribution in [3.05, 3.63) is 71.3 Å². The van der Waals surface area contributed by atoms with E-state index in [2.05, 4.69) is 54.6 Å². The second-order valence-corrected chi connectivity index (χ2v) is 8.89. The van der Waals surface area contributed by atoms with Gasteiger partial charge in [0.25, 0.3) is 0 Å². The van der Waals surface area contributed by atoms with Gasteiger partial charge in [0.05, 0.1) is 25.9 Å². The summed E-state index contributed by atoms with van der Waals surface area (Å²) in [6.07, 6.45) is 6.00. The molecule has 0 saturated carbocycles. The summed E-state index contributed by atoms with van der Waals surface area (Å²) >= 11 is 0. The number of carbonyl (C=O) groups excluding carboxylic acids is 1. The van der Waals surface area contributed by atoms with Crippen LogP contribution in [0.5, 0.6) is 0 Å². The Morgan fingerprint density at radius 2 is 1.69 bits per heavy atom. The molecule has 2 heterocycles. The van der Waals surface area contributed by atoms with E-state index in [0.717, 1.165) is 25.7 Å². The summed E-state index contributed by atoms with van der Waals surface area (Å²) in [6, 6.07) is 17.3. The standard InChI is InChI=1S/C27H31NO4/c1-30-14-15-31-13-12-19-16-20-10-11-21(17-19)28(20)27(29)32-18-26-24-8-4-2-6-22(24)23-7-3-5-9-25(23)26/h2-9,16,20-21,26H,10-15,17-18H2,1H3. The van der Waals surface area contributed by atoms with Crippen molar-refractivity contribution in [2.45, 2.75) is 43.7 Å². The summed E-state index contributed by atoms with van der Waals surface area (Å²) in [7, 11) is 1.68. The van der Waals surface area contributed by atoms with Crippen molar-refractivity contribution in [1.29, 1.82) is 0 Å². The number of nitrogens with zero attached hydrogens (tertiary/aromatic N) is 1. The monoisotopic (exact) mass is 433 g/mol. The summed E-state index contributed by atoms with van der Waals surface area (Å²) < 4.78 is 16.6. The molecule has 5 rings (SSSR count). The number of methoxy groups -OCH3 is 1. The SMILES string of the molecule is COCCOCCC1=CC2CCC(C1)N2C(=O)OCC1c2ccccc2-c2ccccc21. The van der Waals surface area contributed by atoms with Crippen LogP contribution in [0, 0.1) is 0 Å². The van der Waals surface area contributed by atoms with Crippen molar-refractivity contribution in [2.24, 2.45) is 0 Å². The van der Waals surface area contributed by atoms with Gasteiger partial charge in [0, 0.05) is 19.1 Å². The van der Waals surface area contributed by atoms with E-state index in [1.807, 2.05) is 4.90 Å². The molecule has 2 unspecified atom stereocenters. The lowest BCUT2D eigenvalue weighted by Crippen LogP contribution is -2.43. The van der Waals surface area contributed by atoms with Crippen LogP contribution >= 0.6 is 0 Å². The summed E-state index contributed by atoms with van der Waals surface area (Å²) in [4.78, 5) is 15.1. The zero-order valence-electron chi connectivity index (χ0n) is 18.7. The Bertz CT molecular complexity index is 955. The molecule has 2 atom stereocenters. The van der Waals surface area contributed by atoms with Crippen molar-refractivity contribution in [2.75, 3.05) is 33.5 Å². The van der Waals surface area contributed by atoms with Crippen LogP contribution in [-0.2, 0) is 14.2 Å². The largest absolute Gasteiger partial charge is 0.448 e. The predicted octanol–water partition coefficient (Wildman–Crippen LogP) is 5.15. The van der Waals surface area contributed by atoms with Crippen molar-refractivity contribution < 1.29 is 19.0 Å². The van der Waals surface area contributed by atoms with Gasteiger partial charge in [-0.15, -0.1) is 0 Å². The van der Waals surface area contributed by atoms with Crippen LogP contribution in [0.25, 0.3) is 11.1 Å². The Kier molecular flexibility index (Phi) is 6.28. The molecule has 0 radical (unpaired) electrons. The maximum absolute atomic E-state index is 13.1. The van der Waals surface area contributed by atoms with E-state index in [1.165, 1.54) is 27.8 Å². The third-order valence-electron chi connectivity index (χ3n) is 7.02. The lowest BCUT2D eigenvalue weighted by molar-refractivity contribution is 0.0697. The van der Waals surface area contributed by atoms with Gasteiger partial charge < -0.3 is 14.2 Å². The molecule has 2 aliphatic heterocycles. The first kappa shape index (κ1) is 21.2. The molecule has 2 aromatic carbocycles. The van der Waals surface area contributed by atoms with Crippen LogP contribution in [-0.4, -0.2) is 56.6 Å². The predicted molar refractivity (Wildman–Crippen MR) is 124 cm³/mol. The third kappa shape index (κ3) is 4.07. The van der Waals surface area contributed by atoms with E-state index < -0.39 is 0 Å². The molecule has 2 bridgehead atoms. The van der Waals surface area contributed by atoms with Gasteiger partial charge in [-0.1, -0.05) is 60.2 Å². The lowest BCUT2D eigenvalue weighted by Gasteiger charge is -2.33. The third-order valence-corrected chi connectivity index (χ3v) is 7.02. The Labute approximate surface area is 190 Å². The molecular weight excluding hydrogens is 402 g/mol. The molecule has 2 aromatic rings. The molecular formula is C27H31NO4. The van der Waals surface area contributed by atoms with Crippen LogP contribution in [0.1, 0.15) is 42.7 Å². The summed E-state index contributed by atoms with van der Waals surface area (Å²) in [5, 5.41) is 0. The number of rotatable bonds is 8. The van der Waals surface area contributed by atoms with Crippen molar-refractivity contribution in [1.82, 2.24) is 4.90 Å². The second kappa shape index (κ2) is 9.47. The average Bonchev–Trinajstić information content (AvgIpc) is 3.28. The first-order valence-electron chi connectivity index (χ1n) is 11.7. The van der Waals surface area contributed by atoms with Crippen molar-refractivity contribution in [3.8, 4) is 11.1 Å². The van der Waals surface area contributed by atoms with Gasteiger partial charge in [0.1, 0.15) is 6.61 Å². The molecule has 5 heteroatoms. The lowest BCUT2D eigenvalue weighted by atomic mass is 9.98. The van der Waals surface area contributed by atoms with E-state index in [9.17, 15) is 4.79 Å². The van der Waals surface area contributed by atoms with Crippen molar-refractivity contribution >= 4 is 6.09 Å². The van der Waals surface area contributed by atoms with Gasteiger partial charge in [0.15, 0.2) is 0 Å². The molecule has 1 saturated heterocycles. The molecule has 5 nitrogen and oxygen atoms in total. The van der Waals surface area contributed by atoms with E-state index in [1.54, 1.807) is 7.11 Å². The van der Waals surface area contributed by atoms with Gasteiger partial charge >= 0.3 is 6.09 Å². The van der Waals surface area contributed by atoms with E-state index in [4.69, 9.17) is 14.2 Å². The highest BCUT2D eigenvalue weighted by atomic mass is 16.6. The zero-order chi connectivity index (χ0) is 21.9. The van der Waals surface area contributed by atoms with Crippen LogP contribution in [0.4, 0.5) is 4.79 Å². The van der Waals surface area contributed by atoms with Crippen LogP contribution in [0.3, 0.4) is 0 Å². The van der Waals surface area contributed by atoms with Gasteiger partial charge in [-0.2, -0.15) is 0 Å². The van der Waals surface area contributed by atoms with Crippen LogP contribution < -0.4 is 0 Å². The average molecular weight is 434 g/mol. The minimum Gasteiger partial charge on any atom is -0.448 e. The van der Waals surface area contributed by atoms with Gasteiger partial charge in [0.2, 0.25) is 0 Å². The summed E-state index contributed by atoms with van der Waals surface area (Å²) in [5.41, 5.74) is 6.40. The molecule has 32 heavy (non-hydrogen) atoms.